The normalized spacial score (nSPS) is 10.8. The first-order valence-electron chi connectivity index (χ1n) is 4.75. The minimum Gasteiger partial charge on any atom is -0.265 e. The van der Waals surface area contributed by atoms with Gasteiger partial charge in [0.15, 0.2) is 0 Å². The van der Waals surface area contributed by atoms with Crippen LogP contribution in [0.3, 0.4) is 0 Å². The average molecular weight is 187 g/mol. The summed E-state index contributed by atoms with van der Waals surface area (Å²) in [6.07, 6.45) is 1.82. The molecule has 0 aliphatic carbocycles. The predicted molar refractivity (Wildman–Crippen MR) is 55.9 cm³/mol. The Hall–Kier alpha value is -1.64. The summed E-state index contributed by atoms with van der Waals surface area (Å²) in [5.41, 5.74) is 3.38. The minimum absolute atomic E-state index is 0.503. The molecule has 3 nitrogen and oxygen atoms in total. The molecule has 0 atom stereocenters. The van der Waals surface area contributed by atoms with Crippen LogP contribution in [0, 0.1) is 0 Å². The lowest BCUT2D eigenvalue weighted by atomic mass is 9.96. The van der Waals surface area contributed by atoms with Crippen molar-refractivity contribution < 1.29 is 0 Å². The van der Waals surface area contributed by atoms with Gasteiger partial charge in [0.1, 0.15) is 5.69 Å². The van der Waals surface area contributed by atoms with E-state index in [1.165, 1.54) is 5.56 Å². The van der Waals surface area contributed by atoms with Gasteiger partial charge in [0.25, 0.3) is 0 Å². The molecule has 14 heavy (non-hydrogen) atoms. The van der Waals surface area contributed by atoms with Crippen LogP contribution in [0.5, 0.6) is 0 Å². The highest BCUT2D eigenvalue weighted by atomic mass is 15.3. The van der Waals surface area contributed by atoms with Crippen molar-refractivity contribution in [1.82, 2.24) is 15.4 Å². The number of aromatic amines is 1. The molecular weight excluding hydrogens is 174 g/mol. The summed E-state index contributed by atoms with van der Waals surface area (Å²) >= 11 is 0. The van der Waals surface area contributed by atoms with Crippen molar-refractivity contribution in [3.8, 4) is 11.3 Å². The van der Waals surface area contributed by atoms with Crippen LogP contribution in [0.4, 0.5) is 0 Å². The Bertz CT molecular complexity index is 404. The molecule has 1 aromatic carbocycles. The highest BCUT2D eigenvalue weighted by molar-refractivity contribution is 5.63. The van der Waals surface area contributed by atoms with Crippen LogP contribution in [0.25, 0.3) is 11.3 Å². The zero-order valence-electron chi connectivity index (χ0n) is 8.36. The fraction of sp³-hybridized carbons (Fsp3) is 0.273. The van der Waals surface area contributed by atoms with Gasteiger partial charge in [-0.25, -0.2) is 0 Å². The van der Waals surface area contributed by atoms with Gasteiger partial charge in [0, 0.05) is 11.8 Å². The molecule has 1 heterocycles. The third-order valence-corrected chi connectivity index (χ3v) is 2.28. The van der Waals surface area contributed by atoms with Crippen LogP contribution >= 0.6 is 0 Å². The minimum atomic E-state index is 0.503. The maximum absolute atomic E-state index is 4.02. The van der Waals surface area contributed by atoms with Crippen LogP contribution < -0.4 is 0 Å². The molecule has 1 aromatic heterocycles. The van der Waals surface area contributed by atoms with E-state index in [0.717, 1.165) is 11.3 Å². The Morgan fingerprint density at radius 1 is 1.21 bits per heavy atom. The largest absolute Gasteiger partial charge is 0.265 e. The third kappa shape index (κ3) is 1.53. The maximum Gasteiger partial charge on any atom is 0.113 e. The van der Waals surface area contributed by atoms with E-state index < -0.39 is 0 Å². The second-order valence-electron chi connectivity index (χ2n) is 3.60. The molecular formula is C11H13N3. The second kappa shape index (κ2) is 3.62. The maximum atomic E-state index is 4.02. The van der Waals surface area contributed by atoms with Crippen LogP contribution in [-0.2, 0) is 0 Å². The van der Waals surface area contributed by atoms with Gasteiger partial charge in [-0.3, -0.25) is 5.10 Å². The molecule has 0 bridgehead atoms. The number of hydrogen-bond acceptors (Lipinski definition) is 2. The number of hydrogen-bond donors (Lipinski definition) is 1. The molecule has 2 aromatic rings. The highest BCUT2D eigenvalue weighted by Crippen LogP contribution is 2.26. The Morgan fingerprint density at radius 3 is 2.64 bits per heavy atom. The third-order valence-electron chi connectivity index (χ3n) is 2.28. The Balaban J connectivity index is 2.53. The first kappa shape index (κ1) is 8.94. The van der Waals surface area contributed by atoms with Gasteiger partial charge in [-0.05, 0) is 11.5 Å². The fourth-order valence-electron chi connectivity index (χ4n) is 1.57. The molecule has 2 rings (SSSR count). The monoisotopic (exact) mass is 187 g/mol. The van der Waals surface area contributed by atoms with Crippen molar-refractivity contribution in [2.75, 3.05) is 0 Å². The summed E-state index contributed by atoms with van der Waals surface area (Å²) in [4.78, 5) is 0. The molecule has 0 aliphatic rings. The Labute approximate surface area is 83.2 Å². The summed E-state index contributed by atoms with van der Waals surface area (Å²) in [6.45, 7) is 4.36. The van der Waals surface area contributed by atoms with Gasteiger partial charge in [-0.2, -0.15) is 0 Å². The first-order valence-corrected chi connectivity index (χ1v) is 4.75. The van der Waals surface area contributed by atoms with Crippen molar-refractivity contribution in [3.05, 3.63) is 36.0 Å². The first-order chi connectivity index (χ1) is 6.79. The molecule has 0 saturated carbocycles. The molecule has 0 unspecified atom stereocenters. The van der Waals surface area contributed by atoms with Crippen LogP contribution in [-0.4, -0.2) is 15.4 Å². The van der Waals surface area contributed by atoms with Crippen molar-refractivity contribution in [3.63, 3.8) is 0 Å². The summed E-state index contributed by atoms with van der Waals surface area (Å²) in [6, 6.07) is 8.29. The van der Waals surface area contributed by atoms with E-state index in [1.807, 2.05) is 12.3 Å². The van der Waals surface area contributed by atoms with Crippen LogP contribution in [0.2, 0.25) is 0 Å². The Kier molecular flexibility index (Phi) is 2.31. The topological polar surface area (TPSA) is 41.6 Å². The van der Waals surface area contributed by atoms with Gasteiger partial charge in [-0.15, -0.1) is 5.10 Å². The summed E-state index contributed by atoms with van der Waals surface area (Å²) < 4.78 is 0. The number of H-pyrrole nitrogens is 1. The molecule has 3 heteroatoms. The average Bonchev–Trinajstić information content (AvgIpc) is 2.70. The van der Waals surface area contributed by atoms with E-state index in [9.17, 15) is 0 Å². The summed E-state index contributed by atoms with van der Waals surface area (Å²) in [5, 5.41) is 10.5. The molecule has 72 valence electrons. The number of benzene rings is 1. The number of rotatable bonds is 2. The fourth-order valence-corrected chi connectivity index (χ4v) is 1.57. The van der Waals surface area contributed by atoms with Gasteiger partial charge in [0.05, 0.1) is 0 Å². The standard InChI is InChI=1S/C11H13N3/c1-8(2)9-5-3-4-6-10(9)11-7-12-14-13-11/h3-8H,1-2H3,(H,12,13,14). The lowest BCUT2D eigenvalue weighted by Crippen LogP contribution is -1.91. The molecule has 1 N–H and O–H groups in total. The van der Waals surface area contributed by atoms with Crippen LogP contribution in [0.15, 0.2) is 30.5 Å². The lowest BCUT2D eigenvalue weighted by Gasteiger charge is -2.09. The molecule has 0 aliphatic heterocycles. The van der Waals surface area contributed by atoms with Gasteiger partial charge >= 0.3 is 0 Å². The van der Waals surface area contributed by atoms with Gasteiger partial charge in [0.2, 0.25) is 0 Å². The van der Waals surface area contributed by atoms with Crippen LogP contribution in [0.1, 0.15) is 25.3 Å². The smallest absolute Gasteiger partial charge is 0.113 e. The zero-order chi connectivity index (χ0) is 9.97. The van der Waals surface area contributed by atoms with Crippen molar-refractivity contribution >= 4 is 0 Å². The van der Waals surface area contributed by atoms with Crippen molar-refractivity contribution in [2.45, 2.75) is 19.8 Å². The number of aromatic nitrogens is 3. The van der Waals surface area contributed by atoms with E-state index >= 15 is 0 Å². The quantitative estimate of drug-likeness (QED) is 0.785. The SMILES string of the molecule is CC(C)c1ccccc1-c1c[nH]nn1. The second-order valence-corrected chi connectivity index (χ2v) is 3.60. The molecule has 0 radical (unpaired) electrons. The highest BCUT2D eigenvalue weighted by Gasteiger charge is 2.08. The summed E-state index contributed by atoms with van der Waals surface area (Å²) in [5.74, 6) is 0.503. The summed E-state index contributed by atoms with van der Waals surface area (Å²) in [7, 11) is 0. The van der Waals surface area contributed by atoms with Gasteiger partial charge in [-0.1, -0.05) is 43.3 Å². The predicted octanol–water partition coefficient (Wildman–Crippen LogP) is 2.60. The van der Waals surface area contributed by atoms with E-state index in [0.29, 0.717) is 5.92 Å². The number of nitrogens with zero attached hydrogens (tertiary/aromatic N) is 2. The van der Waals surface area contributed by atoms with E-state index in [-0.39, 0.29) is 0 Å². The van der Waals surface area contributed by atoms with Crippen molar-refractivity contribution in [1.29, 1.82) is 0 Å². The van der Waals surface area contributed by atoms with Crippen molar-refractivity contribution in [2.24, 2.45) is 0 Å². The molecule has 0 saturated heterocycles. The Morgan fingerprint density at radius 2 is 2.00 bits per heavy atom. The van der Waals surface area contributed by atoms with E-state index in [2.05, 4.69) is 47.5 Å². The zero-order valence-corrected chi connectivity index (χ0v) is 8.36. The molecule has 0 amide bonds. The molecule has 0 spiro atoms. The number of nitrogens with one attached hydrogen (secondary N) is 1. The van der Waals surface area contributed by atoms with E-state index in [1.54, 1.807) is 0 Å². The van der Waals surface area contributed by atoms with Gasteiger partial charge < -0.3 is 0 Å². The van der Waals surface area contributed by atoms with E-state index in [4.69, 9.17) is 0 Å². The lowest BCUT2D eigenvalue weighted by molar-refractivity contribution is 0.867. The molecule has 0 fully saturated rings.